The molecule has 0 saturated carbocycles. The van der Waals surface area contributed by atoms with E-state index >= 15 is 0 Å². The maximum atomic E-state index is 13.9. The molecule has 220 valence electrons. The van der Waals surface area contributed by atoms with Gasteiger partial charge in [-0.1, -0.05) is 46.8 Å². The van der Waals surface area contributed by atoms with Gasteiger partial charge in [-0.05, 0) is 53.9 Å². The van der Waals surface area contributed by atoms with Crippen molar-refractivity contribution in [3.8, 4) is 11.5 Å². The largest absolute Gasteiger partial charge is 0.450 e. The van der Waals surface area contributed by atoms with Crippen LogP contribution in [0, 0.1) is 31.1 Å². The Labute approximate surface area is 244 Å². The standard InChI is InChI=1S/C32H35N3O7/c1-6-12-33-23-15-31(2,3)17-25(36)29(23)28(30-24(33)16-32(4,5)18-26(30)37)19-8-7-9-21(13-19)42-27-11-10-20(34(38)39)14-22(27)35(40)41/h7-11,13-14,28H,6,12,15-18H2,1-5H3. The summed E-state index contributed by atoms with van der Waals surface area (Å²) in [7, 11) is 0. The van der Waals surface area contributed by atoms with Gasteiger partial charge in [0.1, 0.15) is 5.75 Å². The first-order chi connectivity index (χ1) is 19.7. The Hall–Kier alpha value is -4.34. The summed E-state index contributed by atoms with van der Waals surface area (Å²) in [6.07, 6.45) is 3.02. The number of benzene rings is 2. The van der Waals surface area contributed by atoms with E-state index in [9.17, 15) is 29.8 Å². The molecular weight excluding hydrogens is 538 g/mol. The van der Waals surface area contributed by atoms with Gasteiger partial charge < -0.3 is 9.64 Å². The molecule has 0 amide bonds. The van der Waals surface area contributed by atoms with Gasteiger partial charge in [-0.25, -0.2) is 0 Å². The second-order valence-electron chi connectivity index (χ2n) is 13.0. The molecule has 3 aliphatic rings. The summed E-state index contributed by atoms with van der Waals surface area (Å²) in [6, 6.07) is 10.1. The lowest BCUT2D eigenvalue weighted by molar-refractivity contribution is -0.394. The fourth-order valence-electron chi connectivity index (χ4n) is 6.61. The molecule has 0 saturated heterocycles. The highest BCUT2D eigenvalue weighted by atomic mass is 16.6. The summed E-state index contributed by atoms with van der Waals surface area (Å²) in [5.41, 5.74) is 2.53. The second kappa shape index (κ2) is 10.5. The molecular formula is C32H35N3O7. The molecule has 0 fully saturated rings. The number of allylic oxidation sites excluding steroid dienone is 4. The minimum atomic E-state index is -0.727. The van der Waals surface area contributed by atoms with Crippen LogP contribution in [0.25, 0.3) is 0 Å². The number of carbonyl (C=O) groups excluding carboxylic acids is 2. The number of nitrogens with zero attached hydrogens (tertiary/aromatic N) is 3. The Kier molecular flexibility index (Phi) is 7.28. The minimum Gasteiger partial charge on any atom is -0.450 e. The Morgan fingerprint density at radius 3 is 1.98 bits per heavy atom. The topological polar surface area (TPSA) is 133 Å². The number of carbonyl (C=O) groups is 2. The first-order valence-electron chi connectivity index (χ1n) is 14.2. The number of rotatable bonds is 7. The quantitative estimate of drug-likeness (QED) is 0.247. The average molecular weight is 574 g/mol. The van der Waals surface area contributed by atoms with Gasteiger partial charge >= 0.3 is 5.69 Å². The van der Waals surface area contributed by atoms with Gasteiger partial charge in [0.2, 0.25) is 5.75 Å². The van der Waals surface area contributed by atoms with Gasteiger partial charge in [0.15, 0.2) is 11.6 Å². The van der Waals surface area contributed by atoms with Crippen molar-refractivity contribution in [1.29, 1.82) is 0 Å². The van der Waals surface area contributed by atoms with Crippen LogP contribution in [-0.2, 0) is 9.59 Å². The van der Waals surface area contributed by atoms with E-state index in [4.69, 9.17) is 4.74 Å². The van der Waals surface area contributed by atoms with Crippen LogP contribution < -0.4 is 4.74 Å². The van der Waals surface area contributed by atoms with E-state index < -0.39 is 27.1 Å². The van der Waals surface area contributed by atoms with Crippen LogP contribution in [0.5, 0.6) is 11.5 Å². The van der Waals surface area contributed by atoms with Gasteiger partial charge in [0.25, 0.3) is 5.69 Å². The number of non-ortho nitro benzene ring substituents is 1. The number of nitro benzene ring substituents is 2. The third kappa shape index (κ3) is 5.33. The lowest BCUT2D eigenvalue weighted by Crippen LogP contribution is -2.44. The molecule has 2 aromatic rings. The molecule has 2 aliphatic carbocycles. The molecule has 0 spiro atoms. The summed E-state index contributed by atoms with van der Waals surface area (Å²) in [5.74, 6) is -0.420. The molecule has 1 heterocycles. The molecule has 0 bridgehead atoms. The van der Waals surface area contributed by atoms with Crippen molar-refractivity contribution in [2.75, 3.05) is 6.54 Å². The van der Waals surface area contributed by atoms with E-state index in [1.54, 1.807) is 18.2 Å². The van der Waals surface area contributed by atoms with E-state index in [2.05, 4.69) is 39.5 Å². The van der Waals surface area contributed by atoms with Crippen LogP contribution >= 0.6 is 0 Å². The average Bonchev–Trinajstić information content (AvgIpc) is 2.88. The van der Waals surface area contributed by atoms with Crippen molar-refractivity contribution in [3.05, 3.63) is 90.8 Å². The molecule has 0 aromatic heterocycles. The highest BCUT2D eigenvalue weighted by molar-refractivity contribution is 6.06. The van der Waals surface area contributed by atoms with Crippen molar-refractivity contribution < 1.29 is 24.2 Å². The van der Waals surface area contributed by atoms with Gasteiger partial charge in [-0.2, -0.15) is 0 Å². The second-order valence-corrected chi connectivity index (χ2v) is 13.0. The molecule has 2 aromatic carbocycles. The van der Waals surface area contributed by atoms with E-state index in [0.717, 1.165) is 29.9 Å². The van der Waals surface area contributed by atoms with Crippen LogP contribution in [0.1, 0.15) is 78.2 Å². The van der Waals surface area contributed by atoms with Crippen molar-refractivity contribution >= 4 is 22.9 Å². The summed E-state index contributed by atoms with van der Waals surface area (Å²) in [5, 5.41) is 22.9. The molecule has 42 heavy (non-hydrogen) atoms. The first kappa shape index (κ1) is 29.2. The number of ketones is 2. The maximum Gasteiger partial charge on any atom is 0.318 e. The van der Waals surface area contributed by atoms with Crippen molar-refractivity contribution in [1.82, 2.24) is 4.90 Å². The van der Waals surface area contributed by atoms with E-state index in [-0.39, 0.29) is 33.9 Å². The summed E-state index contributed by atoms with van der Waals surface area (Å²) < 4.78 is 5.91. The molecule has 10 nitrogen and oxygen atoms in total. The lowest BCUT2D eigenvalue weighted by Gasteiger charge is -2.49. The van der Waals surface area contributed by atoms with Crippen molar-refractivity contribution in [2.45, 2.75) is 72.6 Å². The molecule has 0 atom stereocenters. The number of ether oxygens (including phenoxy) is 1. The Morgan fingerprint density at radius 1 is 0.857 bits per heavy atom. The number of nitro groups is 2. The Morgan fingerprint density at radius 2 is 1.45 bits per heavy atom. The van der Waals surface area contributed by atoms with E-state index in [1.165, 1.54) is 6.07 Å². The molecule has 1 aliphatic heterocycles. The van der Waals surface area contributed by atoms with E-state index in [1.807, 2.05) is 6.07 Å². The zero-order valence-electron chi connectivity index (χ0n) is 24.6. The number of hydrogen-bond donors (Lipinski definition) is 0. The zero-order valence-corrected chi connectivity index (χ0v) is 24.6. The van der Waals surface area contributed by atoms with Crippen LogP contribution in [0.15, 0.2) is 65.0 Å². The highest BCUT2D eigenvalue weighted by Crippen LogP contribution is 2.54. The van der Waals surface area contributed by atoms with Gasteiger partial charge in [-0.15, -0.1) is 0 Å². The zero-order chi connectivity index (χ0) is 30.6. The Balaban J connectivity index is 1.65. The number of hydrogen-bond acceptors (Lipinski definition) is 8. The van der Waals surface area contributed by atoms with Crippen LogP contribution in [0.3, 0.4) is 0 Å². The van der Waals surface area contributed by atoms with Crippen molar-refractivity contribution in [3.63, 3.8) is 0 Å². The fraction of sp³-hybridized carbons (Fsp3) is 0.438. The molecule has 0 unspecified atom stereocenters. The predicted octanol–water partition coefficient (Wildman–Crippen LogP) is 7.39. The molecule has 10 heteroatoms. The highest BCUT2D eigenvalue weighted by Gasteiger charge is 2.48. The third-order valence-electron chi connectivity index (χ3n) is 8.24. The van der Waals surface area contributed by atoms with Gasteiger partial charge in [0, 0.05) is 53.9 Å². The normalized spacial score (nSPS) is 19.9. The summed E-state index contributed by atoms with van der Waals surface area (Å²) in [4.78, 5) is 51.4. The first-order valence-corrected chi connectivity index (χ1v) is 14.2. The van der Waals surface area contributed by atoms with Gasteiger partial charge in [0.05, 0.1) is 15.9 Å². The van der Waals surface area contributed by atoms with E-state index in [0.29, 0.717) is 48.9 Å². The fourth-order valence-corrected chi connectivity index (χ4v) is 6.61. The monoisotopic (exact) mass is 573 g/mol. The Bertz CT molecular complexity index is 1530. The third-order valence-corrected chi connectivity index (χ3v) is 8.24. The molecule has 0 N–H and O–H groups in total. The SMILES string of the molecule is CCCN1C2=C(C(=O)CC(C)(C)C2)C(c2cccc(Oc3ccc([N+](=O)[O-])cc3[N+](=O)[O-])c2)C2=C1CC(C)(C)CC2=O. The van der Waals surface area contributed by atoms with Crippen molar-refractivity contribution in [2.24, 2.45) is 10.8 Å². The molecule has 5 rings (SSSR count). The van der Waals surface area contributed by atoms with Gasteiger partial charge in [-0.3, -0.25) is 29.8 Å². The predicted molar refractivity (Wildman–Crippen MR) is 156 cm³/mol. The summed E-state index contributed by atoms with van der Waals surface area (Å²) in [6.45, 7) is 11.2. The summed E-state index contributed by atoms with van der Waals surface area (Å²) >= 11 is 0. The lowest BCUT2D eigenvalue weighted by atomic mass is 9.63. The molecule has 0 radical (unpaired) electrons. The number of Topliss-reactive ketones (excluding diaryl/α,β-unsaturated/α-hetero) is 2. The van der Waals surface area contributed by atoms with Crippen LogP contribution in [0.4, 0.5) is 11.4 Å². The smallest absolute Gasteiger partial charge is 0.318 e. The van der Waals surface area contributed by atoms with Crippen LogP contribution in [-0.4, -0.2) is 32.9 Å². The maximum absolute atomic E-state index is 13.9. The minimum absolute atomic E-state index is 0.0221. The van der Waals surface area contributed by atoms with Crippen LogP contribution in [0.2, 0.25) is 0 Å².